The molecule has 2 saturated carbocycles. The Hall–Kier alpha value is -0.120. The van der Waals surface area contributed by atoms with Crippen molar-refractivity contribution in [3.63, 3.8) is 0 Å². The van der Waals surface area contributed by atoms with Crippen LogP contribution in [0.25, 0.3) is 0 Å². The van der Waals surface area contributed by atoms with Gasteiger partial charge in [0.25, 0.3) is 0 Å². The van der Waals surface area contributed by atoms with Crippen molar-refractivity contribution in [1.82, 2.24) is 4.90 Å². The van der Waals surface area contributed by atoms with E-state index >= 15 is 0 Å². The lowest BCUT2D eigenvalue weighted by molar-refractivity contribution is 0.00371. The van der Waals surface area contributed by atoms with Gasteiger partial charge in [0.15, 0.2) is 0 Å². The molecule has 1 unspecified atom stereocenters. The van der Waals surface area contributed by atoms with E-state index in [2.05, 4.69) is 11.9 Å². The van der Waals surface area contributed by atoms with Crippen molar-refractivity contribution in [3.05, 3.63) is 0 Å². The largest absolute Gasteiger partial charge is 0.389 e. The van der Waals surface area contributed by atoms with E-state index in [1.54, 1.807) is 0 Å². The van der Waals surface area contributed by atoms with Crippen LogP contribution in [0.5, 0.6) is 0 Å². The number of hydrogen-bond donors (Lipinski definition) is 2. The zero-order valence-corrected chi connectivity index (χ0v) is 9.78. The summed E-state index contributed by atoms with van der Waals surface area (Å²) in [6.07, 6.45) is 6.95. The van der Waals surface area contributed by atoms with Crippen LogP contribution in [0, 0.1) is 5.92 Å². The highest BCUT2D eigenvalue weighted by molar-refractivity contribution is 4.93. The first kappa shape index (κ1) is 11.4. The molecule has 88 valence electrons. The van der Waals surface area contributed by atoms with Gasteiger partial charge in [-0.15, -0.1) is 0 Å². The summed E-state index contributed by atoms with van der Waals surface area (Å²) in [6.45, 7) is 1.54. The third-order valence-corrected chi connectivity index (χ3v) is 4.05. The Kier molecular flexibility index (Phi) is 3.33. The Morgan fingerprint density at radius 1 is 1.40 bits per heavy atom. The maximum atomic E-state index is 10.3. The summed E-state index contributed by atoms with van der Waals surface area (Å²) in [5.74, 6) is 0.796. The second-order valence-corrected chi connectivity index (χ2v) is 5.49. The lowest BCUT2D eigenvalue weighted by atomic mass is 10.0. The third-order valence-electron chi connectivity index (χ3n) is 4.05. The molecule has 1 atom stereocenters. The number of likely N-dealkylation sites (N-methyl/N-ethyl adjacent to an activating group) is 1. The van der Waals surface area contributed by atoms with Crippen LogP contribution in [-0.2, 0) is 0 Å². The molecule has 2 fully saturated rings. The van der Waals surface area contributed by atoms with Crippen LogP contribution >= 0.6 is 0 Å². The van der Waals surface area contributed by atoms with Crippen molar-refractivity contribution in [3.8, 4) is 0 Å². The highest BCUT2D eigenvalue weighted by atomic mass is 16.3. The summed E-state index contributed by atoms with van der Waals surface area (Å²) in [5.41, 5.74) is 5.39. The molecular formula is C12H24N2O. The standard InChI is InChI=1S/C12H24N2O/c1-14(11(8-13)10-4-5-10)9-12(15)6-2-3-7-12/h10-11,15H,2-9,13H2,1H3. The molecule has 0 aromatic carbocycles. The first-order chi connectivity index (χ1) is 7.14. The first-order valence-corrected chi connectivity index (χ1v) is 6.27. The van der Waals surface area contributed by atoms with Gasteiger partial charge in [0, 0.05) is 19.1 Å². The minimum atomic E-state index is -0.420. The topological polar surface area (TPSA) is 49.5 Å². The normalized spacial score (nSPS) is 27.2. The van der Waals surface area contributed by atoms with Gasteiger partial charge < -0.3 is 10.8 Å². The number of nitrogens with two attached hydrogens (primary N) is 1. The molecule has 2 rings (SSSR count). The molecule has 0 amide bonds. The lowest BCUT2D eigenvalue weighted by Gasteiger charge is -2.33. The molecule has 2 aliphatic carbocycles. The van der Waals surface area contributed by atoms with Gasteiger partial charge in [-0.2, -0.15) is 0 Å². The third kappa shape index (κ3) is 2.71. The summed E-state index contributed by atoms with van der Waals surface area (Å²) in [4.78, 5) is 2.29. The maximum absolute atomic E-state index is 10.3. The van der Waals surface area contributed by atoms with E-state index in [-0.39, 0.29) is 0 Å². The summed E-state index contributed by atoms with van der Waals surface area (Å²) >= 11 is 0. The van der Waals surface area contributed by atoms with Gasteiger partial charge >= 0.3 is 0 Å². The summed E-state index contributed by atoms with van der Waals surface area (Å²) in [6, 6.07) is 0.495. The molecule has 3 nitrogen and oxygen atoms in total. The van der Waals surface area contributed by atoms with Crippen molar-refractivity contribution in [2.45, 2.75) is 50.2 Å². The molecule has 3 heteroatoms. The molecule has 0 heterocycles. The minimum absolute atomic E-state index is 0.420. The fourth-order valence-electron chi connectivity index (χ4n) is 2.99. The predicted molar refractivity (Wildman–Crippen MR) is 61.6 cm³/mol. The molecule has 0 saturated heterocycles. The van der Waals surface area contributed by atoms with Crippen LogP contribution in [0.2, 0.25) is 0 Å². The highest BCUT2D eigenvalue weighted by Gasteiger charge is 2.38. The van der Waals surface area contributed by atoms with Gasteiger partial charge in [-0.05, 0) is 38.6 Å². The average molecular weight is 212 g/mol. The molecule has 0 spiro atoms. The van der Waals surface area contributed by atoms with E-state index in [1.807, 2.05) is 0 Å². The average Bonchev–Trinajstić information content (AvgIpc) is 2.91. The fourth-order valence-corrected chi connectivity index (χ4v) is 2.99. The number of aliphatic hydroxyl groups is 1. The van der Waals surface area contributed by atoms with Crippen molar-refractivity contribution in [2.24, 2.45) is 11.7 Å². The maximum Gasteiger partial charge on any atom is 0.0774 e. The molecule has 0 aromatic heterocycles. The van der Waals surface area contributed by atoms with Crippen LogP contribution in [0.3, 0.4) is 0 Å². The molecule has 3 N–H and O–H groups in total. The summed E-state index contributed by atoms with van der Waals surface area (Å²) in [5, 5.41) is 10.3. The van der Waals surface area contributed by atoms with Gasteiger partial charge in [-0.1, -0.05) is 12.8 Å². The van der Waals surface area contributed by atoms with Crippen LogP contribution in [0.1, 0.15) is 38.5 Å². The first-order valence-electron chi connectivity index (χ1n) is 6.27. The fraction of sp³-hybridized carbons (Fsp3) is 1.00. The highest BCUT2D eigenvalue weighted by Crippen LogP contribution is 2.36. The molecule has 0 aliphatic heterocycles. The van der Waals surface area contributed by atoms with Crippen LogP contribution in [-0.4, -0.2) is 41.8 Å². The molecule has 0 bridgehead atoms. The van der Waals surface area contributed by atoms with E-state index < -0.39 is 5.60 Å². The Morgan fingerprint density at radius 2 is 2.00 bits per heavy atom. The smallest absolute Gasteiger partial charge is 0.0774 e. The number of hydrogen-bond acceptors (Lipinski definition) is 3. The quantitative estimate of drug-likeness (QED) is 0.713. The van der Waals surface area contributed by atoms with Gasteiger partial charge in [-0.25, -0.2) is 0 Å². The van der Waals surface area contributed by atoms with Crippen molar-refractivity contribution in [1.29, 1.82) is 0 Å². The zero-order valence-electron chi connectivity index (χ0n) is 9.78. The van der Waals surface area contributed by atoms with Crippen LogP contribution < -0.4 is 5.73 Å². The Morgan fingerprint density at radius 3 is 2.47 bits per heavy atom. The minimum Gasteiger partial charge on any atom is -0.389 e. The van der Waals surface area contributed by atoms with Crippen molar-refractivity contribution < 1.29 is 5.11 Å². The van der Waals surface area contributed by atoms with E-state index in [4.69, 9.17) is 5.73 Å². The SMILES string of the molecule is CN(CC1(O)CCCC1)C(CN)C1CC1. The Balaban J connectivity index is 1.86. The summed E-state index contributed by atoms with van der Waals surface area (Å²) in [7, 11) is 2.12. The zero-order chi connectivity index (χ0) is 10.9. The monoisotopic (exact) mass is 212 g/mol. The van der Waals surface area contributed by atoms with E-state index in [9.17, 15) is 5.11 Å². The Labute approximate surface area is 92.6 Å². The van der Waals surface area contributed by atoms with E-state index in [0.717, 1.165) is 31.8 Å². The van der Waals surface area contributed by atoms with E-state index in [1.165, 1.54) is 25.7 Å². The lowest BCUT2D eigenvalue weighted by Crippen LogP contribution is -2.47. The van der Waals surface area contributed by atoms with Gasteiger partial charge in [0.2, 0.25) is 0 Å². The second kappa shape index (κ2) is 4.40. The van der Waals surface area contributed by atoms with Gasteiger partial charge in [0.1, 0.15) is 0 Å². The molecular weight excluding hydrogens is 188 g/mol. The molecule has 0 radical (unpaired) electrons. The molecule has 15 heavy (non-hydrogen) atoms. The van der Waals surface area contributed by atoms with Gasteiger partial charge in [0.05, 0.1) is 5.60 Å². The van der Waals surface area contributed by atoms with Crippen LogP contribution in [0.4, 0.5) is 0 Å². The summed E-state index contributed by atoms with van der Waals surface area (Å²) < 4.78 is 0. The molecule has 0 aromatic rings. The molecule has 2 aliphatic rings. The second-order valence-electron chi connectivity index (χ2n) is 5.49. The predicted octanol–water partition coefficient (Wildman–Crippen LogP) is 0.961. The van der Waals surface area contributed by atoms with Gasteiger partial charge in [-0.3, -0.25) is 4.90 Å². The number of rotatable bonds is 5. The van der Waals surface area contributed by atoms with Crippen molar-refractivity contribution in [2.75, 3.05) is 20.1 Å². The number of nitrogens with zero attached hydrogens (tertiary/aromatic N) is 1. The van der Waals surface area contributed by atoms with E-state index in [0.29, 0.717) is 6.04 Å². The van der Waals surface area contributed by atoms with Crippen molar-refractivity contribution >= 4 is 0 Å². The van der Waals surface area contributed by atoms with Crippen LogP contribution in [0.15, 0.2) is 0 Å². The Bertz CT molecular complexity index is 210.